The normalized spacial score (nSPS) is 23.6. The fraction of sp³-hybridized carbons (Fsp3) is 0.966. The van der Waals surface area contributed by atoms with Gasteiger partial charge in [-0.1, -0.05) is 97.3 Å². The number of carbonyl (C=O) groups excluding carboxylic acids is 1. The minimum atomic E-state index is -5.04. The molecule has 0 radical (unpaired) electrons. The van der Waals surface area contributed by atoms with Crippen molar-refractivity contribution in [3.63, 3.8) is 0 Å². The minimum Gasteiger partial charge on any atom is -0.457 e. The van der Waals surface area contributed by atoms with Crippen molar-refractivity contribution in [3.8, 4) is 0 Å². The van der Waals surface area contributed by atoms with E-state index in [1.54, 1.807) is 0 Å². The fourth-order valence-electron chi connectivity index (χ4n) is 4.77. The van der Waals surface area contributed by atoms with E-state index < -0.39 is 59.8 Å². The maximum atomic E-state index is 12.2. The second kappa shape index (κ2) is 23.5. The van der Waals surface area contributed by atoms with Crippen molar-refractivity contribution in [1.82, 2.24) is 0 Å². The van der Waals surface area contributed by atoms with Crippen LogP contribution in [-0.2, 0) is 38.3 Å². The van der Waals surface area contributed by atoms with Crippen LogP contribution in [0.3, 0.4) is 0 Å². The van der Waals surface area contributed by atoms with Gasteiger partial charge in [0.15, 0.2) is 6.29 Å². The van der Waals surface area contributed by atoms with E-state index in [1.165, 1.54) is 64.2 Å². The van der Waals surface area contributed by atoms with Crippen LogP contribution >= 0.6 is 0 Å². The molecule has 0 aromatic carbocycles. The number of esters is 1. The Kier molecular flexibility index (Phi) is 21.9. The molecule has 1 rings (SSSR count). The molecule has 0 amide bonds. The Morgan fingerprint density at radius 1 is 0.810 bits per heavy atom. The molecule has 6 atom stereocenters. The third kappa shape index (κ3) is 18.0. The predicted molar refractivity (Wildman–Crippen MR) is 156 cm³/mol. The van der Waals surface area contributed by atoms with Gasteiger partial charge in [0.25, 0.3) is 0 Å². The molecule has 6 unspecified atom stereocenters. The van der Waals surface area contributed by atoms with Crippen LogP contribution in [0.4, 0.5) is 0 Å². The molecule has 0 spiro atoms. The molecular weight excluding hydrogens is 572 g/mol. The number of hydrogen-bond donors (Lipinski definition) is 4. The average Bonchev–Trinajstić information content (AvgIpc) is 2.95. The molecule has 13 heteroatoms. The second-order valence-electron chi connectivity index (χ2n) is 11.1. The zero-order valence-electron chi connectivity index (χ0n) is 25.6. The second-order valence-corrected chi connectivity index (χ2v) is 12.1. The van der Waals surface area contributed by atoms with E-state index >= 15 is 0 Å². The molecule has 4 N–H and O–H groups in total. The average molecular weight is 629 g/mol. The highest BCUT2D eigenvalue weighted by atomic mass is 32.3. The summed E-state index contributed by atoms with van der Waals surface area (Å²) in [7, 11) is -5.04. The van der Waals surface area contributed by atoms with E-state index in [0.29, 0.717) is 13.0 Å². The lowest BCUT2D eigenvalue weighted by Gasteiger charge is -2.41. The first-order valence-electron chi connectivity index (χ1n) is 15.8. The highest BCUT2D eigenvalue weighted by Gasteiger charge is 2.48. The number of hydrogen-bond acceptors (Lipinski definition) is 11. The summed E-state index contributed by atoms with van der Waals surface area (Å²) < 4.78 is 57.9. The van der Waals surface area contributed by atoms with Crippen LogP contribution < -0.4 is 0 Å². The number of ether oxygens (including phenoxy) is 4. The first-order valence-corrected chi connectivity index (χ1v) is 17.2. The topological polar surface area (TPSA) is 178 Å². The summed E-state index contributed by atoms with van der Waals surface area (Å²) in [6.07, 6.45) is 8.61. The van der Waals surface area contributed by atoms with Crippen LogP contribution in [0.2, 0.25) is 0 Å². The van der Waals surface area contributed by atoms with Crippen LogP contribution in [0.5, 0.6) is 0 Å². The van der Waals surface area contributed by atoms with Crippen LogP contribution in [-0.4, -0.2) is 97.5 Å². The van der Waals surface area contributed by atoms with Crippen molar-refractivity contribution in [2.75, 3.05) is 26.4 Å². The Labute approximate surface area is 252 Å². The van der Waals surface area contributed by atoms with E-state index in [1.807, 2.05) is 6.92 Å². The van der Waals surface area contributed by atoms with Crippen molar-refractivity contribution in [1.29, 1.82) is 0 Å². The van der Waals surface area contributed by atoms with E-state index in [4.69, 9.17) is 23.5 Å². The van der Waals surface area contributed by atoms with Gasteiger partial charge in [0, 0.05) is 13.0 Å². The molecule has 1 fully saturated rings. The van der Waals surface area contributed by atoms with Gasteiger partial charge in [0.05, 0.1) is 19.8 Å². The Morgan fingerprint density at radius 2 is 1.36 bits per heavy atom. The van der Waals surface area contributed by atoms with Gasteiger partial charge in [0.1, 0.15) is 30.5 Å². The molecule has 1 aliphatic rings. The van der Waals surface area contributed by atoms with Crippen LogP contribution in [0.15, 0.2) is 0 Å². The summed E-state index contributed by atoms with van der Waals surface area (Å²) in [5, 5.41) is 30.1. The third-order valence-electron chi connectivity index (χ3n) is 7.23. The van der Waals surface area contributed by atoms with Gasteiger partial charge in [-0.25, -0.2) is 4.18 Å². The van der Waals surface area contributed by atoms with E-state index in [-0.39, 0.29) is 19.6 Å². The number of unbranched alkanes of at least 4 members (excludes halogenated alkanes) is 13. The minimum absolute atomic E-state index is 0.0376. The van der Waals surface area contributed by atoms with Gasteiger partial charge >= 0.3 is 16.4 Å². The van der Waals surface area contributed by atoms with Crippen molar-refractivity contribution >= 4 is 16.4 Å². The summed E-state index contributed by atoms with van der Waals surface area (Å²) in [4.78, 5) is 12.2. The van der Waals surface area contributed by atoms with Gasteiger partial charge in [-0.3, -0.25) is 9.35 Å². The van der Waals surface area contributed by atoms with Crippen molar-refractivity contribution in [2.45, 2.75) is 153 Å². The molecule has 0 aromatic rings. The highest BCUT2D eigenvalue weighted by molar-refractivity contribution is 7.80. The molecule has 0 bridgehead atoms. The molecule has 1 aliphatic heterocycles. The first-order chi connectivity index (χ1) is 20.1. The van der Waals surface area contributed by atoms with Gasteiger partial charge in [0.2, 0.25) is 0 Å². The summed E-state index contributed by atoms with van der Waals surface area (Å²) in [5.41, 5.74) is 0. The lowest BCUT2D eigenvalue weighted by atomic mass is 9.99. The number of aliphatic hydroxyl groups excluding tert-OH is 3. The lowest BCUT2D eigenvalue weighted by molar-refractivity contribution is -0.301. The largest absolute Gasteiger partial charge is 0.457 e. The zero-order valence-corrected chi connectivity index (χ0v) is 26.4. The molecule has 42 heavy (non-hydrogen) atoms. The summed E-state index contributed by atoms with van der Waals surface area (Å²) in [5.74, 6) is -0.434. The lowest BCUT2D eigenvalue weighted by Crippen LogP contribution is -2.60. The van der Waals surface area contributed by atoms with Gasteiger partial charge in [-0.2, -0.15) is 8.42 Å². The van der Waals surface area contributed by atoms with Crippen molar-refractivity contribution in [2.24, 2.45) is 0 Å². The SMILES string of the molecule is CCCCCCCCCCCCCCCOCC(COC1OC(CO)C(O)C(OS(=O)(=O)O)C1O)OC(=O)CCCC. The third-order valence-corrected chi connectivity index (χ3v) is 7.69. The predicted octanol–water partition coefficient (Wildman–Crippen LogP) is 3.84. The number of aliphatic hydroxyl groups is 3. The Hall–Kier alpha value is -0.900. The highest BCUT2D eigenvalue weighted by Crippen LogP contribution is 2.26. The monoisotopic (exact) mass is 628 g/mol. The molecule has 12 nitrogen and oxygen atoms in total. The Morgan fingerprint density at radius 3 is 1.88 bits per heavy atom. The fourth-order valence-corrected chi connectivity index (χ4v) is 5.27. The number of carbonyl (C=O) groups is 1. The molecular formula is C29H56O12S. The summed E-state index contributed by atoms with van der Waals surface area (Å²) in [6, 6.07) is 0. The molecule has 0 aromatic heterocycles. The van der Waals surface area contributed by atoms with Crippen LogP contribution in [0, 0.1) is 0 Å². The molecule has 250 valence electrons. The van der Waals surface area contributed by atoms with Crippen LogP contribution in [0.1, 0.15) is 117 Å². The van der Waals surface area contributed by atoms with Crippen molar-refractivity contribution < 1.29 is 56.2 Å². The molecule has 1 saturated heterocycles. The van der Waals surface area contributed by atoms with Gasteiger partial charge in [-0.15, -0.1) is 0 Å². The quantitative estimate of drug-likeness (QED) is 0.0619. The van der Waals surface area contributed by atoms with Crippen LogP contribution in [0.25, 0.3) is 0 Å². The molecule has 0 aliphatic carbocycles. The summed E-state index contributed by atoms with van der Waals surface area (Å²) >= 11 is 0. The standard InChI is InChI=1S/C29H56O12S/c1-3-5-7-8-9-10-11-12-13-14-15-16-17-19-37-21-23(39-25(31)18-6-4-2)22-38-29-27(33)28(41-42(34,35)36)26(32)24(20-30)40-29/h23-24,26-30,32-33H,3-22H2,1-2H3,(H,34,35,36). The maximum absolute atomic E-state index is 12.2. The summed E-state index contributed by atoms with van der Waals surface area (Å²) in [6.45, 7) is 3.69. The Balaban J connectivity index is 2.42. The zero-order chi connectivity index (χ0) is 31.2. The van der Waals surface area contributed by atoms with Gasteiger partial charge < -0.3 is 34.3 Å². The van der Waals surface area contributed by atoms with E-state index in [0.717, 1.165) is 25.7 Å². The molecule has 0 saturated carbocycles. The van der Waals surface area contributed by atoms with Gasteiger partial charge in [-0.05, 0) is 12.8 Å². The first kappa shape index (κ1) is 39.1. The molecule has 1 heterocycles. The maximum Gasteiger partial charge on any atom is 0.397 e. The number of rotatable bonds is 26. The van der Waals surface area contributed by atoms with E-state index in [9.17, 15) is 28.5 Å². The van der Waals surface area contributed by atoms with Crippen molar-refractivity contribution in [3.05, 3.63) is 0 Å². The van der Waals surface area contributed by atoms with E-state index in [2.05, 4.69) is 11.1 Å². The smallest absolute Gasteiger partial charge is 0.397 e. The Bertz CT molecular complexity index is 781.